The number of anilines is 1. The SMILES string of the molecule is Cc1nc(N2CCC(c3cnn(C)c3)C2)ccc1Br. The molecular weight excluding hydrogens is 304 g/mol. The quantitative estimate of drug-likeness (QED) is 0.853. The highest BCUT2D eigenvalue weighted by atomic mass is 79.9. The molecule has 0 aliphatic carbocycles. The Kier molecular flexibility index (Phi) is 3.31. The number of hydrogen-bond acceptors (Lipinski definition) is 3. The first kappa shape index (κ1) is 12.7. The fourth-order valence-corrected chi connectivity index (χ4v) is 2.82. The van der Waals surface area contributed by atoms with Crippen LogP contribution >= 0.6 is 15.9 Å². The molecule has 0 spiro atoms. The largest absolute Gasteiger partial charge is 0.356 e. The summed E-state index contributed by atoms with van der Waals surface area (Å²) >= 11 is 3.50. The van der Waals surface area contributed by atoms with E-state index in [1.165, 1.54) is 12.0 Å². The third kappa shape index (κ3) is 2.52. The highest BCUT2D eigenvalue weighted by Crippen LogP contribution is 2.30. The van der Waals surface area contributed by atoms with Crippen molar-refractivity contribution in [2.45, 2.75) is 19.3 Å². The fourth-order valence-electron chi connectivity index (χ4n) is 2.60. The van der Waals surface area contributed by atoms with E-state index < -0.39 is 0 Å². The van der Waals surface area contributed by atoms with Gasteiger partial charge in [-0.25, -0.2) is 4.98 Å². The molecule has 2 aromatic heterocycles. The second kappa shape index (κ2) is 4.96. The Morgan fingerprint density at radius 2 is 2.21 bits per heavy atom. The van der Waals surface area contributed by atoms with Gasteiger partial charge in [0.1, 0.15) is 5.82 Å². The summed E-state index contributed by atoms with van der Waals surface area (Å²) in [5, 5.41) is 4.26. The van der Waals surface area contributed by atoms with Crippen LogP contribution in [0, 0.1) is 6.92 Å². The maximum absolute atomic E-state index is 4.65. The van der Waals surface area contributed by atoms with E-state index in [0.717, 1.165) is 29.1 Å². The average molecular weight is 321 g/mol. The zero-order valence-electron chi connectivity index (χ0n) is 11.2. The number of pyridine rings is 1. The van der Waals surface area contributed by atoms with Gasteiger partial charge in [0, 0.05) is 36.7 Å². The summed E-state index contributed by atoms with van der Waals surface area (Å²) in [5.41, 5.74) is 2.38. The fraction of sp³-hybridized carbons (Fsp3) is 0.429. The van der Waals surface area contributed by atoms with E-state index in [0.29, 0.717) is 5.92 Å². The summed E-state index contributed by atoms with van der Waals surface area (Å²) in [5.74, 6) is 1.64. The standard InChI is InChI=1S/C14H17BrN4/c1-10-13(15)3-4-14(17-10)19-6-5-11(9-19)12-7-16-18(2)8-12/h3-4,7-8,11H,5-6,9H2,1-2H3. The number of hydrogen-bond donors (Lipinski definition) is 0. The zero-order chi connectivity index (χ0) is 13.4. The normalized spacial score (nSPS) is 19.1. The van der Waals surface area contributed by atoms with Crippen molar-refractivity contribution in [2.75, 3.05) is 18.0 Å². The van der Waals surface area contributed by atoms with Gasteiger partial charge in [-0.2, -0.15) is 5.10 Å². The molecule has 1 fully saturated rings. The van der Waals surface area contributed by atoms with Crippen molar-refractivity contribution in [2.24, 2.45) is 7.05 Å². The number of nitrogens with zero attached hydrogens (tertiary/aromatic N) is 4. The van der Waals surface area contributed by atoms with E-state index in [1.54, 1.807) is 0 Å². The van der Waals surface area contributed by atoms with Crippen LogP contribution in [-0.4, -0.2) is 27.9 Å². The smallest absolute Gasteiger partial charge is 0.128 e. The van der Waals surface area contributed by atoms with Gasteiger partial charge in [0.05, 0.1) is 11.9 Å². The van der Waals surface area contributed by atoms with Crippen molar-refractivity contribution in [3.63, 3.8) is 0 Å². The molecule has 0 N–H and O–H groups in total. The Morgan fingerprint density at radius 3 is 2.89 bits per heavy atom. The van der Waals surface area contributed by atoms with Gasteiger partial charge in [-0.1, -0.05) is 0 Å². The van der Waals surface area contributed by atoms with Gasteiger partial charge in [0.2, 0.25) is 0 Å². The lowest BCUT2D eigenvalue weighted by Gasteiger charge is -2.18. The van der Waals surface area contributed by atoms with Crippen molar-refractivity contribution in [1.29, 1.82) is 0 Å². The summed E-state index contributed by atoms with van der Waals surface area (Å²) in [6.45, 7) is 4.12. The van der Waals surface area contributed by atoms with E-state index in [9.17, 15) is 0 Å². The summed E-state index contributed by atoms with van der Waals surface area (Å²) in [6, 6.07) is 4.16. The Balaban J connectivity index is 1.76. The molecule has 0 radical (unpaired) electrons. The highest BCUT2D eigenvalue weighted by molar-refractivity contribution is 9.10. The predicted molar refractivity (Wildman–Crippen MR) is 79.5 cm³/mol. The summed E-state index contributed by atoms with van der Waals surface area (Å²) in [7, 11) is 1.97. The monoisotopic (exact) mass is 320 g/mol. The second-order valence-electron chi connectivity index (χ2n) is 5.12. The number of halogens is 1. The van der Waals surface area contributed by atoms with E-state index in [1.807, 2.05) is 24.9 Å². The van der Waals surface area contributed by atoms with Gasteiger partial charge in [-0.05, 0) is 47.0 Å². The minimum atomic E-state index is 0.569. The zero-order valence-corrected chi connectivity index (χ0v) is 12.8. The van der Waals surface area contributed by atoms with Gasteiger partial charge >= 0.3 is 0 Å². The number of aryl methyl sites for hydroxylation is 2. The van der Waals surface area contributed by atoms with E-state index >= 15 is 0 Å². The lowest BCUT2D eigenvalue weighted by Crippen LogP contribution is -2.20. The number of rotatable bonds is 2. The van der Waals surface area contributed by atoms with Crippen molar-refractivity contribution >= 4 is 21.7 Å². The van der Waals surface area contributed by atoms with Gasteiger partial charge < -0.3 is 4.90 Å². The molecule has 100 valence electrons. The molecule has 0 bridgehead atoms. The maximum atomic E-state index is 4.65. The van der Waals surface area contributed by atoms with Crippen LogP contribution in [0.5, 0.6) is 0 Å². The molecule has 1 saturated heterocycles. The van der Waals surface area contributed by atoms with E-state index in [4.69, 9.17) is 0 Å². The average Bonchev–Trinajstić information content (AvgIpc) is 3.01. The molecule has 0 amide bonds. The van der Waals surface area contributed by atoms with Crippen LogP contribution in [0.1, 0.15) is 23.6 Å². The third-order valence-electron chi connectivity index (χ3n) is 3.72. The molecule has 1 aliphatic heterocycles. The molecule has 5 heteroatoms. The van der Waals surface area contributed by atoms with Crippen LogP contribution in [-0.2, 0) is 7.05 Å². The van der Waals surface area contributed by atoms with Gasteiger partial charge in [0.15, 0.2) is 0 Å². The van der Waals surface area contributed by atoms with Crippen LogP contribution in [0.15, 0.2) is 29.0 Å². The van der Waals surface area contributed by atoms with Crippen LogP contribution in [0.3, 0.4) is 0 Å². The van der Waals surface area contributed by atoms with Crippen molar-refractivity contribution in [3.8, 4) is 0 Å². The summed E-state index contributed by atoms with van der Waals surface area (Å²) in [4.78, 5) is 7.00. The molecule has 0 saturated carbocycles. The molecule has 3 rings (SSSR count). The van der Waals surface area contributed by atoms with Crippen molar-refractivity contribution < 1.29 is 0 Å². The minimum absolute atomic E-state index is 0.569. The molecule has 3 heterocycles. The number of aromatic nitrogens is 3. The Bertz CT molecular complexity index is 593. The molecule has 19 heavy (non-hydrogen) atoms. The van der Waals surface area contributed by atoms with Crippen LogP contribution in [0.4, 0.5) is 5.82 Å². The Hall–Kier alpha value is -1.36. The second-order valence-corrected chi connectivity index (χ2v) is 5.97. The van der Waals surface area contributed by atoms with Crippen LogP contribution in [0.2, 0.25) is 0 Å². The first-order valence-electron chi connectivity index (χ1n) is 6.50. The molecule has 0 aromatic carbocycles. The van der Waals surface area contributed by atoms with E-state index in [2.05, 4.69) is 49.2 Å². The Morgan fingerprint density at radius 1 is 1.37 bits per heavy atom. The van der Waals surface area contributed by atoms with Gasteiger partial charge in [-0.15, -0.1) is 0 Å². The molecule has 1 atom stereocenters. The summed E-state index contributed by atoms with van der Waals surface area (Å²) < 4.78 is 2.94. The minimum Gasteiger partial charge on any atom is -0.356 e. The van der Waals surface area contributed by atoms with Crippen LogP contribution < -0.4 is 4.90 Å². The van der Waals surface area contributed by atoms with Crippen molar-refractivity contribution in [1.82, 2.24) is 14.8 Å². The summed E-state index contributed by atoms with van der Waals surface area (Å²) in [6.07, 6.45) is 5.27. The van der Waals surface area contributed by atoms with Gasteiger partial charge in [0.25, 0.3) is 0 Å². The third-order valence-corrected chi connectivity index (χ3v) is 4.55. The first-order valence-corrected chi connectivity index (χ1v) is 7.29. The predicted octanol–water partition coefficient (Wildman–Crippen LogP) is 2.88. The highest BCUT2D eigenvalue weighted by Gasteiger charge is 2.25. The molecule has 4 nitrogen and oxygen atoms in total. The molecular formula is C14H17BrN4. The molecule has 1 aliphatic rings. The lowest BCUT2D eigenvalue weighted by atomic mass is 10.0. The molecule has 1 unspecified atom stereocenters. The van der Waals surface area contributed by atoms with E-state index in [-0.39, 0.29) is 0 Å². The molecule has 2 aromatic rings. The lowest BCUT2D eigenvalue weighted by molar-refractivity contribution is 0.754. The Labute approximate surface area is 121 Å². The first-order chi connectivity index (χ1) is 9.13. The van der Waals surface area contributed by atoms with Crippen LogP contribution in [0.25, 0.3) is 0 Å². The maximum Gasteiger partial charge on any atom is 0.128 e. The topological polar surface area (TPSA) is 34.0 Å². The van der Waals surface area contributed by atoms with Gasteiger partial charge in [-0.3, -0.25) is 4.68 Å². The van der Waals surface area contributed by atoms with Crippen molar-refractivity contribution in [3.05, 3.63) is 40.3 Å².